The number of fused-ring (bicyclic) bond motifs is 1. The summed E-state index contributed by atoms with van der Waals surface area (Å²) in [5.41, 5.74) is 6.10. The molecule has 0 aromatic carbocycles. The van der Waals surface area contributed by atoms with Crippen molar-refractivity contribution < 1.29 is 9.59 Å². The van der Waals surface area contributed by atoms with Crippen LogP contribution in [0.3, 0.4) is 0 Å². The Balaban J connectivity index is 2.08. The van der Waals surface area contributed by atoms with Gasteiger partial charge in [-0.2, -0.15) is 5.10 Å². The van der Waals surface area contributed by atoms with E-state index in [0.717, 1.165) is 19.3 Å². The van der Waals surface area contributed by atoms with Crippen LogP contribution >= 0.6 is 12.2 Å². The number of nitrogens with two attached hydrogens (primary N) is 1. The SMILES string of the molecule is Cn1ncc(C(N)=S)c1N1C(=O)C2CCCC2C1=O. The summed E-state index contributed by atoms with van der Waals surface area (Å²) in [4.78, 5) is 26.2. The van der Waals surface area contributed by atoms with Gasteiger partial charge in [-0.15, -0.1) is 0 Å². The summed E-state index contributed by atoms with van der Waals surface area (Å²) >= 11 is 4.95. The molecule has 2 aliphatic rings. The number of hydrogen-bond donors (Lipinski definition) is 1. The van der Waals surface area contributed by atoms with Crippen molar-refractivity contribution in [1.82, 2.24) is 9.78 Å². The van der Waals surface area contributed by atoms with Crippen LogP contribution in [-0.4, -0.2) is 26.6 Å². The van der Waals surface area contributed by atoms with Gasteiger partial charge in [0, 0.05) is 7.05 Å². The lowest BCUT2D eigenvalue weighted by Gasteiger charge is -2.17. The quantitative estimate of drug-likeness (QED) is 0.623. The fraction of sp³-hybridized carbons (Fsp3) is 0.500. The normalized spacial score (nSPS) is 26.1. The van der Waals surface area contributed by atoms with Crippen LogP contribution in [0.5, 0.6) is 0 Å². The Morgan fingerprint density at radius 3 is 2.47 bits per heavy atom. The van der Waals surface area contributed by atoms with E-state index in [1.807, 2.05) is 0 Å². The van der Waals surface area contributed by atoms with E-state index in [1.165, 1.54) is 15.8 Å². The van der Waals surface area contributed by atoms with E-state index in [0.29, 0.717) is 11.4 Å². The first-order valence-corrected chi connectivity index (χ1v) is 6.62. The molecule has 0 spiro atoms. The van der Waals surface area contributed by atoms with Crippen LogP contribution in [0, 0.1) is 11.8 Å². The molecule has 2 fully saturated rings. The number of anilines is 1. The van der Waals surface area contributed by atoms with Crippen LogP contribution in [0.15, 0.2) is 6.20 Å². The first-order chi connectivity index (χ1) is 9.02. The second-order valence-corrected chi connectivity index (χ2v) is 5.47. The van der Waals surface area contributed by atoms with Gasteiger partial charge in [-0.25, -0.2) is 4.90 Å². The maximum absolute atomic E-state index is 12.4. The van der Waals surface area contributed by atoms with Gasteiger partial charge >= 0.3 is 0 Å². The molecular weight excluding hydrogens is 264 g/mol. The summed E-state index contributed by atoms with van der Waals surface area (Å²) < 4.78 is 1.48. The summed E-state index contributed by atoms with van der Waals surface area (Å²) in [7, 11) is 1.67. The lowest BCUT2D eigenvalue weighted by atomic mass is 10.00. The number of aromatic nitrogens is 2. The van der Waals surface area contributed by atoms with Gasteiger partial charge in [0.15, 0.2) is 5.82 Å². The van der Waals surface area contributed by atoms with Crippen LogP contribution in [-0.2, 0) is 16.6 Å². The fourth-order valence-corrected chi connectivity index (χ4v) is 3.21. The second-order valence-electron chi connectivity index (χ2n) is 5.03. The molecule has 1 saturated heterocycles. The van der Waals surface area contributed by atoms with Crippen LogP contribution in [0.4, 0.5) is 5.82 Å². The molecule has 2 heterocycles. The molecule has 3 rings (SSSR count). The number of imide groups is 1. The van der Waals surface area contributed by atoms with Crippen molar-refractivity contribution in [2.24, 2.45) is 24.6 Å². The van der Waals surface area contributed by atoms with Gasteiger partial charge in [-0.3, -0.25) is 14.3 Å². The Morgan fingerprint density at radius 2 is 1.95 bits per heavy atom. The van der Waals surface area contributed by atoms with E-state index >= 15 is 0 Å². The van der Waals surface area contributed by atoms with Crippen molar-refractivity contribution in [3.8, 4) is 0 Å². The Labute approximate surface area is 115 Å². The summed E-state index contributed by atoms with van der Waals surface area (Å²) in [5.74, 6) is -0.248. The third kappa shape index (κ3) is 1.61. The van der Waals surface area contributed by atoms with Crippen LogP contribution in [0.2, 0.25) is 0 Å². The van der Waals surface area contributed by atoms with E-state index in [9.17, 15) is 9.59 Å². The molecule has 6 nitrogen and oxygen atoms in total. The van der Waals surface area contributed by atoms with Crippen LogP contribution < -0.4 is 10.6 Å². The minimum atomic E-state index is -0.179. The van der Waals surface area contributed by atoms with E-state index in [4.69, 9.17) is 18.0 Å². The zero-order valence-electron chi connectivity index (χ0n) is 10.5. The predicted octanol–water partition coefficient (Wildman–Crippen LogP) is 0.344. The zero-order valence-corrected chi connectivity index (χ0v) is 11.3. The van der Waals surface area contributed by atoms with E-state index < -0.39 is 0 Å². The molecule has 2 amide bonds. The van der Waals surface area contributed by atoms with Gasteiger partial charge in [0.1, 0.15) is 4.99 Å². The highest BCUT2D eigenvalue weighted by molar-refractivity contribution is 7.80. The largest absolute Gasteiger partial charge is 0.389 e. The molecule has 1 aromatic heterocycles. The first kappa shape index (κ1) is 12.3. The number of rotatable bonds is 2. The van der Waals surface area contributed by atoms with Gasteiger partial charge in [0.25, 0.3) is 0 Å². The van der Waals surface area contributed by atoms with E-state index in [-0.39, 0.29) is 28.6 Å². The molecule has 1 aliphatic carbocycles. The molecule has 1 saturated carbocycles. The summed E-state index contributed by atoms with van der Waals surface area (Å²) in [6.45, 7) is 0. The molecule has 2 unspecified atom stereocenters. The summed E-state index contributed by atoms with van der Waals surface area (Å²) in [5, 5.41) is 4.05. The van der Waals surface area contributed by atoms with Crippen molar-refractivity contribution in [3.63, 3.8) is 0 Å². The van der Waals surface area contributed by atoms with Gasteiger partial charge in [-0.05, 0) is 12.8 Å². The molecule has 1 aromatic rings. The number of carbonyl (C=O) groups is 2. The first-order valence-electron chi connectivity index (χ1n) is 6.22. The molecule has 2 atom stereocenters. The Kier molecular flexibility index (Phi) is 2.67. The molecule has 2 N–H and O–H groups in total. The third-order valence-corrected chi connectivity index (χ3v) is 4.20. The van der Waals surface area contributed by atoms with Crippen molar-refractivity contribution in [3.05, 3.63) is 11.8 Å². The minimum Gasteiger partial charge on any atom is -0.389 e. The molecular formula is C12H14N4O2S. The molecule has 7 heteroatoms. The van der Waals surface area contributed by atoms with Crippen molar-refractivity contribution in [1.29, 1.82) is 0 Å². The smallest absolute Gasteiger partial charge is 0.238 e. The monoisotopic (exact) mass is 278 g/mol. The number of hydrogen-bond acceptors (Lipinski definition) is 4. The van der Waals surface area contributed by atoms with Gasteiger partial charge in [0.2, 0.25) is 11.8 Å². The highest BCUT2D eigenvalue weighted by Gasteiger charge is 2.51. The lowest BCUT2D eigenvalue weighted by molar-refractivity contribution is -0.122. The van der Waals surface area contributed by atoms with Crippen LogP contribution in [0.1, 0.15) is 24.8 Å². The van der Waals surface area contributed by atoms with E-state index in [2.05, 4.69) is 5.10 Å². The Hall–Kier alpha value is -1.76. The lowest BCUT2D eigenvalue weighted by Crippen LogP contribution is -2.34. The number of carbonyl (C=O) groups excluding carboxylic acids is 2. The number of thiocarbonyl (C=S) groups is 1. The molecule has 0 radical (unpaired) electrons. The average Bonchev–Trinajstić information content (AvgIpc) is 3.00. The number of aryl methyl sites for hydroxylation is 1. The highest BCUT2D eigenvalue weighted by Crippen LogP contribution is 2.42. The maximum Gasteiger partial charge on any atom is 0.238 e. The third-order valence-electron chi connectivity index (χ3n) is 3.98. The topological polar surface area (TPSA) is 81.2 Å². The number of nitrogens with zero attached hydrogens (tertiary/aromatic N) is 3. The van der Waals surface area contributed by atoms with Crippen molar-refractivity contribution in [2.75, 3.05) is 4.90 Å². The van der Waals surface area contributed by atoms with Gasteiger partial charge in [0.05, 0.1) is 23.6 Å². The fourth-order valence-electron chi connectivity index (χ4n) is 3.07. The molecule has 0 bridgehead atoms. The molecule has 19 heavy (non-hydrogen) atoms. The summed E-state index contributed by atoms with van der Waals surface area (Å²) in [6.07, 6.45) is 4.00. The Morgan fingerprint density at radius 1 is 1.37 bits per heavy atom. The average molecular weight is 278 g/mol. The molecule has 1 aliphatic heterocycles. The van der Waals surface area contributed by atoms with Crippen LogP contribution in [0.25, 0.3) is 0 Å². The minimum absolute atomic E-state index is 0.140. The van der Waals surface area contributed by atoms with E-state index in [1.54, 1.807) is 7.05 Å². The predicted molar refractivity (Wildman–Crippen MR) is 72.4 cm³/mol. The van der Waals surface area contributed by atoms with Crippen molar-refractivity contribution >= 4 is 34.8 Å². The van der Waals surface area contributed by atoms with Gasteiger partial charge < -0.3 is 5.73 Å². The van der Waals surface area contributed by atoms with Crippen molar-refractivity contribution in [2.45, 2.75) is 19.3 Å². The zero-order chi connectivity index (χ0) is 13.7. The highest BCUT2D eigenvalue weighted by atomic mass is 32.1. The standard InChI is InChI=1S/C12H14N4O2S/c1-15-10(8(5-14-15)9(13)19)16-11(17)6-3-2-4-7(6)12(16)18/h5-7H,2-4H2,1H3,(H2,13,19). The second kappa shape index (κ2) is 4.12. The number of amides is 2. The van der Waals surface area contributed by atoms with Gasteiger partial charge in [-0.1, -0.05) is 18.6 Å². The molecule has 100 valence electrons. The summed E-state index contributed by atoms with van der Waals surface area (Å²) in [6, 6.07) is 0. The maximum atomic E-state index is 12.4. The Bertz CT molecular complexity index is 573.